The molecule has 2 rings (SSSR count). The molecule has 0 spiro atoms. The molecule has 6 heteroatoms. The molecule has 0 atom stereocenters. The topological polar surface area (TPSA) is 66.4 Å². The molecule has 0 bridgehead atoms. The molecule has 1 saturated carbocycles. The lowest BCUT2D eigenvalue weighted by Crippen LogP contribution is -2.42. The first-order valence-corrected chi connectivity index (χ1v) is 8.75. The largest absolute Gasteiger partial charge is 0.389 e. The Morgan fingerprint density at radius 2 is 1.85 bits per heavy atom. The molecule has 0 amide bonds. The minimum Gasteiger partial charge on any atom is -0.389 e. The van der Waals surface area contributed by atoms with E-state index >= 15 is 0 Å². The fourth-order valence-electron chi connectivity index (χ4n) is 2.51. The van der Waals surface area contributed by atoms with Gasteiger partial charge in [0, 0.05) is 11.6 Å². The van der Waals surface area contributed by atoms with Crippen LogP contribution in [0, 0.1) is 0 Å². The number of hydrogen-bond acceptors (Lipinski definition) is 3. The van der Waals surface area contributed by atoms with E-state index in [1.165, 1.54) is 12.1 Å². The summed E-state index contributed by atoms with van der Waals surface area (Å²) in [5.74, 6) is 0. The molecule has 1 aliphatic carbocycles. The first-order valence-electron chi connectivity index (χ1n) is 6.89. The summed E-state index contributed by atoms with van der Waals surface area (Å²) in [5.41, 5.74) is -0.928. The Hall–Kier alpha value is -0.620. The number of nitrogens with one attached hydrogen (secondary N) is 1. The van der Waals surface area contributed by atoms with Gasteiger partial charge in [-0.2, -0.15) is 0 Å². The molecule has 0 aliphatic heterocycles. The average Bonchev–Trinajstić information content (AvgIpc) is 2.62. The zero-order valence-corrected chi connectivity index (χ0v) is 12.9. The van der Waals surface area contributed by atoms with Crippen molar-refractivity contribution in [2.45, 2.75) is 49.0 Å². The zero-order chi connectivity index (χ0) is 14.6. The molecule has 20 heavy (non-hydrogen) atoms. The van der Waals surface area contributed by atoms with Crippen LogP contribution in [0.3, 0.4) is 0 Å². The van der Waals surface area contributed by atoms with Crippen molar-refractivity contribution in [2.75, 3.05) is 6.54 Å². The fourth-order valence-corrected chi connectivity index (χ4v) is 3.93. The van der Waals surface area contributed by atoms with Crippen molar-refractivity contribution in [1.82, 2.24) is 4.72 Å². The Kier molecular flexibility index (Phi) is 5.07. The highest BCUT2D eigenvalue weighted by molar-refractivity contribution is 7.89. The SMILES string of the molecule is O=S(=O)(NCC1(O)CCCCCC1)c1cccc(Cl)c1. The predicted octanol–water partition coefficient (Wildman–Crippen LogP) is 2.70. The molecular weight excluding hydrogens is 298 g/mol. The first kappa shape index (κ1) is 15.8. The third-order valence-corrected chi connectivity index (χ3v) is 5.37. The van der Waals surface area contributed by atoms with E-state index in [0.29, 0.717) is 17.9 Å². The molecule has 0 aromatic heterocycles. The Morgan fingerprint density at radius 1 is 1.20 bits per heavy atom. The Bertz CT molecular complexity index is 551. The lowest BCUT2D eigenvalue weighted by atomic mass is 9.95. The van der Waals surface area contributed by atoms with Gasteiger partial charge in [-0.05, 0) is 31.0 Å². The molecule has 1 aliphatic rings. The van der Waals surface area contributed by atoms with Gasteiger partial charge in [0.05, 0.1) is 10.5 Å². The van der Waals surface area contributed by atoms with Crippen LogP contribution < -0.4 is 4.72 Å². The van der Waals surface area contributed by atoms with Gasteiger partial charge in [0.25, 0.3) is 0 Å². The maximum atomic E-state index is 12.2. The van der Waals surface area contributed by atoms with Crippen molar-refractivity contribution in [1.29, 1.82) is 0 Å². The number of benzene rings is 1. The number of halogens is 1. The second-order valence-electron chi connectivity index (χ2n) is 5.42. The number of rotatable bonds is 4. The Balaban J connectivity index is 2.05. The summed E-state index contributed by atoms with van der Waals surface area (Å²) in [6.45, 7) is 0.0574. The van der Waals surface area contributed by atoms with Crippen LogP contribution in [0.2, 0.25) is 5.02 Å². The number of aliphatic hydroxyl groups is 1. The van der Waals surface area contributed by atoms with Crippen LogP contribution in [0.5, 0.6) is 0 Å². The van der Waals surface area contributed by atoms with Crippen molar-refractivity contribution in [3.8, 4) is 0 Å². The molecule has 1 aromatic carbocycles. The Morgan fingerprint density at radius 3 is 2.45 bits per heavy atom. The molecule has 4 nitrogen and oxygen atoms in total. The summed E-state index contributed by atoms with van der Waals surface area (Å²) in [6.07, 6.45) is 5.37. The van der Waals surface area contributed by atoms with E-state index < -0.39 is 15.6 Å². The Labute approximate surface area is 125 Å². The van der Waals surface area contributed by atoms with E-state index in [4.69, 9.17) is 11.6 Å². The highest BCUT2D eigenvalue weighted by atomic mass is 35.5. The normalized spacial score (nSPS) is 19.5. The van der Waals surface area contributed by atoms with Gasteiger partial charge in [0.2, 0.25) is 10.0 Å². The van der Waals surface area contributed by atoms with Gasteiger partial charge in [-0.1, -0.05) is 43.4 Å². The second-order valence-corrected chi connectivity index (χ2v) is 7.62. The van der Waals surface area contributed by atoms with Crippen molar-refractivity contribution in [3.05, 3.63) is 29.3 Å². The van der Waals surface area contributed by atoms with Crippen LogP contribution in [-0.4, -0.2) is 25.7 Å². The number of hydrogen-bond donors (Lipinski definition) is 2. The van der Waals surface area contributed by atoms with Crippen molar-refractivity contribution in [2.24, 2.45) is 0 Å². The lowest BCUT2D eigenvalue weighted by molar-refractivity contribution is 0.0303. The zero-order valence-electron chi connectivity index (χ0n) is 11.3. The van der Waals surface area contributed by atoms with Gasteiger partial charge < -0.3 is 5.11 Å². The van der Waals surface area contributed by atoms with Crippen LogP contribution in [0.1, 0.15) is 38.5 Å². The summed E-state index contributed by atoms with van der Waals surface area (Å²) in [4.78, 5) is 0.127. The van der Waals surface area contributed by atoms with E-state index in [9.17, 15) is 13.5 Å². The van der Waals surface area contributed by atoms with Gasteiger partial charge >= 0.3 is 0 Å². The summed E-state index contributed by atoms with van der Waals surface area (Å²) >= 11 is 5.81. The van der Waals surface area contributed by atoms with E-state index in [-0.39, 0.29) is 11.4 Å². The van der Waals surface area contributed by atoms with E-state index in [0.717, 1.165) is 25.7 Å². The van der Waals surface area contributed by atoms with Gasteiger partial charge in [-0.3, -0.25) is 0 Å². The van der Waals surface area contributed by atoms with Gasteiger partial charge in [-0.15, -0.1) is 0 Å². The lowest BCUT2D eigenvalue weighted by Gasteiger charge is -2.26. The summed E-state index contributed by atoms with van der Waals surface area (Å²) < 4.78 is 26.9. The van der Waals surface area contributed by atoms with E-state index in [1.54, 1.807) is 12.1 Å². The molecule has 0 radical (unpaired) electrons. The van der Waals surface area contributed by atoms with Crippen LogP contribution >= 0.6 is 11.6 Å². The van der Waals surface area contributed by atoms with E-state index in [2.05, 4.69) is 4.72 Å². The highest BCUT2D eigenvalue weighted by Gasteiger charge is 2.29. The van der Waals surface area contributed by atoms with E-state index in [1.807, 2.05) is 0 Å². The van der Waals surface area contributed by atoms with Crippen LogP contribution in [-0.2, 0) is 10.0 Å². The third kappa shape index (κ3) is 4.19. The summed E-state index contributed by atoms with van der Waals surface area (Å²) in [6, 6.07) is 6.11. The molecule has 0 unspecified atom stereocenters. The molecule has 1 aromatic rings. The fraction of sp³-hybridized carbons (Fsp3) is 0.571. The maximum Gasteiger partial charge on any atom is 0.240 e. The van der Waals surface area contributed by atoms with Crippen LogP contribution in [0.15, 0.2) is 29.2 Å². The summed E-state index contributed by atoms with van der Waals surface area (Å²) in [7, 11) is -3.63. The van der Waals surface area contributed by atoms with Crippen molar-refractivity contribution >= 4 is 21.6 Å². The molecule has 1 fully saturated rings. The monoisotopic (exact) mass is 317 g/mol. The standard InChI is InChI=1S/C14H20ClNO3S/c15-12-6-5-7-13(10-12)20(18,19)16-11-14(17)8-3-1-2-4-9-14/h5-7,10,16-17H,1-4,8-9,11H2. The number of sulfonamides is 1. The quantitative estimate of drug-likeness (QED) is 0.839. The molecule has 0 saturated heterocycles. The van der Waals surface area contributed by atoms with Crippen molar-refractivity contribution < 1.29 is 13.5 Å². The molecule has 2 N–H and O–H groups in total. The first-order chi connectivity index (χ1) is 9.41. The predicted molar refractivity (Wildman–Crippen MR) is 79.3 cm³/mol. The smallest absolute Gasteiger partial charge is 0.240 e. The van der Waals surface area contributed by atoms with Crippen molar-refractivity contribution in [3.63, 3.8) is 0 Å². The van der Waals surface area contributed by atoms with Gasteiger partial charge in [-0.25, -0.2) is 13.1 Å². The minimum absolute atomic E-state index is 0.0574. The van der Waals surface area contributed by atoms with Gasteiger partial charge in [0.15, 0.2) is 0 Å². The van der Waals surface area contributed by atoms with Crippen LogP contribution in [0.25, 0.3) is 0 Å². The average molecular weight is 318 g/mol. The maximum absolute atomic E-state index is 12.2. The third-order valence-electron chi connectivity index (χ3n) is 3.73. The molecule has 112 valence electrons. The molecular formula is C14H20ClNO3S. The molecule has 0 heterocycles. The van der Waals surface area contributed by atoms with Gasteiger partial charge in [0.1, 0.15) is 0 Å². The minimum atomic E-state index is -3.63. The second kappa shape index (κ2) is 6.43. The highest BCUT2D eigenvalue weighted by Crippen LogP contribution is 2.27. The summed E-state index contributed by atoms with van der Waals surface area (Å²) in [5, 5.41) is 10.8. The van der Waals surface area contributed by atoms with Crippen LogP contribution in [0.4, 0.5) is 0 Å².